The van der Waals surface area contributed by atoms with Crippen molar-refractivity contribution in [3.8, 4) is 22.8 Å². The van der Waals surface area contributed by atoms with E-state index >= 15 is 0 Å². The van der Waals surface area contributed by atoms with Gasteiger partial charge >= 0.3 is 0 Å². The Bertz CT molecular complexity index is 770. The molecule has 0 unspecified atom stereocenters. The molecule has 2 aromatic carbocycles. The van der Waals surface area contributed by atoms with Crippen molar-refractivity contribution < 1.29 is 0 Å². The SMILES string of the molecule is CCCCc1ccc(-c2nc(Cl)nc(-c3ccccc3)n2)cc1. The molecule has 0 atom stereocenters. The predicted octanol–water partition coefficient (Wildman–Crippen LogP) is 5.20. The van der Waals surface area contributed by atoms with E-state index in [2.05, 4.69) is 34.0 Å². The highest BCUT2D eigenvalue weighted by molar-refractivity contribution is 6.28. The lowest BCUT2D eigenvalue weighted by Crippen LogP contribution is -1.97. The highest BCUT2D eigenvalue weighted by Gasteiger charge is 2.09. The van der Waals surface area contributed by atoms with Gasteiger partial charge in [-0.3, -0.25) is 0 Å². The summed E-state index contributed by atoms with van der Waals surface area (Å²) in [5.74, 6) is 1.20. The van der Waals surface area contributed by atoms with Gasteiger partial charge in [0.1, 0.15) is 0 Å². The number of aromatic nitrogens is 3. The predicted molar refractivity (Wildman–Crippen MR) is 94.3 cm³/mol. The maximum Gasteiger partial charge on any atom is 0.226 e. The molecule has 0 aliphatic heterocycles. The van der Waals surface area contributed by atoms with Crippen molar-refractivity contribution in [3.63, 3.8) is 0 Å². The number of hydrogen-bond acceptors (Lipinski definition) is 3. The Kier molecular flexibility index (Phi) is 4.99. The first kappa shape index (κ1) is 15.6. The Morgan fingerprint density at radius 1 is 0.783 bits per heavy atom. The summed E-state index contributed by atoms with van der Waals surface area (Å²) < 4.78 is 0. The second-order valence-electron chi connectivity index (χ2n) is 5.42. The summed E-state index contributed by atoms with van der Waals surface area (Å²) in [6.45, 7) is 2.20. The monoisotopic (exact) mass is 323 g/mol. The topological polar surface area (TPSA) is 38.7 Å². The molecule has 0 aliphatic rings. The largest absolute Gasteiger partial charge is 0.226 e. The van der Waals surface area contributed by atoms with Crippen molar-refractivity contribution in [1.82, 2.24) is 15.0 Å². The minimum Gasteiger partial charge on any atom is -0.208 e. The molecule has 0 saturated carbocycles. The second-order valence-corrected chi connectivity index (χ2v) is 5.76. The van der Waals surface area contributed by atoms with Crippen molar-refractivity contribution in [2.24, 2.45) is 0 Å². The molecule has 0 aliphatic carbocycles. The van der Waals surface area contributed by atoms with E-state index in [4.69, 9.17) is 11.6 Å². The van der Waals surface area contributed by atoms with Crippen molar-refractivity contribution >= 4 is 11.6 Å². The Balaban J connectivity index is 1.92. The van der Waals surface area contributed by atoms with E-state index in [1.165, 1.54) is 18.4 Å². The van der Waals surface area contributed by atoms with Crippen LogP contribution < -0.4 is 0 Å². The number of aryl methyl sites for hydroxylation is 1. The molecule has 0 N–H and O–H groups in total. The standard InChI is InChI=1S/C19H18ClN3/c1-2-3-7-14-10-12-16(13-11-14)18-21-17(22-19(20)23-18)15-8-5-4-6-9-15/h4-6,8-13H,2-3,7H2,1H3. The summed E-state index contributed by atoms with van der Waals surface area (Å²) in [6, 6.07) is 18.1. The molecule has 4 heteroatoms. The van der Waals surface area contributed by atoms with Crippen molar-refractivity contribution in [3.05, 3.63) is 65.4 Å². The summed E-state index contributed by atoms with van der Waals surface area (Å²) in [4.78, 5) is 13.1. The molecular weight excluding hydrogens is 306 g/mol. The molecule has 0 amide bonds. The van der Waals surface area contributed by atoms with Crippen LogP contribution >= 0.6 is 11.6 Å². The van der Waals surface area contributed by atoms with Gasteiger partial charge < -0.3 is 0 Å². The number of halogens is 1. The molecule has 1 heterocycles. The van der Waals surface area contributed by atoms with Gasteiger partial charge in [-0.2, -0.15) is 9.97 Å². The summed E-state index contributed by atoms with van der Waals surface area (Å²) in [7, 11) is 0. The van der Waals surface area contributed by atoms with Gasteiger partial charge in [-0.1, -0.05) is 67.9 Å². The van der Waals surface area contributed by atoms with Gasteiger partial charge in [-0.05, 0) is 30.0 Å². The number of nitrogens with zero attached hydrogens (tertiary/aromatic N) is 3. The molecule has 116 valence electrons. The first-order chi connectivity index (χ1) is 11.3. The van der Waals surface area contributed by atoms with Crippen LogP contribution in [-0.4, -0.2) is 15.0 Å². The third-order valence-electron chi connectivity index (χ3n) is 3.67. The van der Waals surface area contributed by atoms with Gasteiger partial charge in [0.2, 0.25) is 5.28 Å². The van der Waals surface area contributed by atoms with E-state index in [0.29, 0.717) is 11.6 Å². The Labute approximate surface area is 141 Å². The Morgan fingerprint density at radius 3 is 2.00 bits per heavy atom. The van der Waals surface area contributed by atoms with Crippen LogP contribution in [0.5, 0.6) is 0 Å². The van der Waals surface area contributed by atoms with Crippen LogP contribution in [0.25, 0.3) is 22.8 Å². The average molecular weight is 324 g/mol. The average Bonchev–Trinajstić information content (AvgIpc) is 2.60. The van der Waals surface area contributed by atoms with Crippen LogP contribution in [-0.2, 0) is 6.42 Å². The number of benzene rings is 2. The van der Waals surface area contributed by atoms with Crippen LogP contribution in [0.15, 0.2) is 54.6 Å². The molecule has 0 fully saturated rings. The number of rotatable bonds is 5. The third-order valence-corrected chi connectivity index (χ3v) is 3.84. The minimum absolute atomic E-state index is 0.212. The van der Waals surface area contributed by atoms with Crippen LogP contribution in [0, 0.1) is 0 Å². The summed E-state index contributed by atoms with van der Waals surface area (Å²) in [5.41, 5.74) is 3.21. The lowest BCUT2D eigenvalue weighted by atomic mass is 10.1. The number of hydrogen-bond donors (Lipinski definition) is 0. The molecule has 3 rings (SSSR count). The molecule has 0 radical (unpaired) electrons. The van der Waals surface area contributed by atoms with Crippen LogP contribution in [0.2, 0.25) is 5.28 Å². The molecule has 0 bridgehead atoms. The second kappa shape index (κ2) is 7.34. The fourth-order valence-corrected chi connectivity index (χ4v) is 2.56. The van der Waals surface area contributed by atoms with Gasteiger partial charge in [-0.15, -0.1) is 0 Å². The van der Waals surface area contributed by atoms with Gasteiger partial charge in [0.05, 0.1) is 0 Å². The van der Waals surface area contributed by atoms with Gasteiger partial charge in [-0.25, -0.2) is 4.98 Å². The number of unbranched alkanes of at least 4 members (excludes halogenated alkanes) is 1. The highest BCUT2D eigenvalue weighted by atomic mass is 35.5. The van der Waals surface area contributed by atoms with E-state index in [1.807, 2.05) is 42.5 Å². The minimum atomic E-state index is 0.212. The van der Waals surface area contributed by atoms with Crippen LogP contribution in [0.3, 0.4) is 0 Å². The molecule has 23 heavy (non-hydrogen) atoms. The maximum absolute atomic E-state index is 6.09. The molecule has 0 spiro atoms. The normalized spacial score (nSPS) is 10.7. The van der Waals surface area contributed by atoms with E-state index in [0.717, 1.165) is 17.5 Å². The summed E-state index contributed by atoms with van der Waals surface area (Å²) >= 11 is 6.09. The fourth-order valence-electron chi connectivity index (χ4n) is 2.40. The van der Waals surface area contributed by atoms with Gasteiger partial charge in [0, 0.05) is 11.1 Å². The molecule has 3 aromatic rings. The lowest BCUT2D eigenvalue weighted by molar-refractivity contribution is 0.795. The van der Waals surface area contributed by atoms with Gasteiger partial charge in [0.25, 0.3) is 0 Å². The van der Waals surface area contributed by atoms with E-state index < -0.39 is 0 Å². The van der Waals surface area contributed by atoms with Crippen molar-refractivity contribution in [2.45, 2.75) is 26.2 Å². The zero-order valence-corrected chi connectivity index (χ0v) is 13.8. The lowest BCUT2D eigenvalue weighted by Gasteiger charge is -2.06. The van der Waals surface area contributed by atoms with Crippen LogP contribution in [0.1, 0.15) is 25.3 Å². The molecular formula is C19H18ClN3. The van der Waals surface area contributed by atoms with Crippen LogP contribution in [0.4, 0.5) is 0 Å². The first-order valence-corrected chi connectivity index (χ1v) is 8.20. The molecule has 0 saturated heterocycles. The Hall–Kier alpha value is -2.26. The zero-order chi connectivity index (χ0) is 16.1. The zero-order valence-electron chi connectivity index (χ0n) is 13.0. The smallest absolute Gasteiger partial charge is 0.208 e. The summed E-state index contributed by atoms with van der Waals surface area (Å²) in [5, 5.41) is 0.212. The molecule has 3 nitrogen and oxygen atoms in total. The highest BCUT2D eigenvalue weighted by Crippen LogP contribution is 2.22. The first-order valence-electron chi connectivity index (χ1n) is 7.82. The van der Waals surface area contributed by atoms with Crippen molar-refractivity contribution in [1.29, 1.82) is 0 Å². The van der Waals surface area contributed by atoms with E-state index in [1.54, 1.807) is 0 Å². The van der Waals surface area contributed by atoms with Gasteiger partial charge in [0.15, 0.2) is 11.6 Å². The van der Waals surface area contributed by atoms with E-state index in [9.17, 15) is 0 Å². The van der Waals surface area contributed by atoms with E-state index in [-0.39, 0.29) is 5.28 Å². The Morgan fingerprint density at radius 2 is 1.39 bits per heavy atom. The summed E-state index contributed by atoms with van der Waals surface area (Å²) in [6.07, 6.45) is 3.50. The third kappa shape index (κ3) is 3.93. The molecule has 1 aromatic heterocycles. The van der Waals surface area contributed by atoms with Crippen molar-refractivity contribution in [2.75, 3.05) is 0 Å². The maximum atomic E-state index is 6.09. The quantitative estimate of drug-likeness (QED) is 0.647. The fraction of sp³-hybridized carbons (Fsp3) is 0.211.